The van der Waals surface area contributed by atoms with Crippen molar-refractivity contribution in [2.24, 2.45) is 0 Å². The maximum absolute atomic E-state index is 15.5. The predicted octanol–water partition coefficient (Wildman–Crippen LogP) is 2.05. The summed E-state index contributed by atoms with van der Waals surface area (Å²) in [5.74, 6) is -0.494. The van der Waals surface area contributed by atoms with Crippen LogP contribution in [-0.2, 0) is 23.4 Å². The first-order valence-corrected chi connectivity index (χ1v) is 13.3. The van der Waals surface area contributed by atoms with Crippen molar-refractivity contribution in [1.82, 2.24) is 14.6 Å². The van der Waals surface area contributed by atoms with Crippen molar-refractivity contribution in [2.75, 3.05) is 13.2 Å². The number of aliphatic hydroxyl groups is 1. The molecule has 1 aromatic heterocycles. The highest BCUT2D eigenvalue weighted by atomic mass is 31.2. The molecule has 0 radical (unpaired) electrons. The molecule has 204 valence electrons. The van der Waals surface area contributed by atoms with Crippen LogP contribution in [-0.4, -0.2) is 57.8 Å². The maximum Gasteiger partial charge on any atom is 0.459 e. The van der Waals surface area contributed by atoms with E-state index in [1.807, 2.05) is 11.9 Å². The van der Waals surface area contributed by atoms with Crippen LogP contribution in [0, 0.1) is 0 Å². The number of aromatic amines is 1. The molecule has 1 aromatic carbocycles. The minimum Gasteiger partial charge on any atom is -0.465 e. The Bertz CT molecular complexity index is 1220. The van der Waals surface area contributed by atoms with E-state index >= 15 is 4.39 Å². The fraction of sp³-hybridized carbons (Fsp3) is 0.522. The zero-order valence-electron chi connectivity index (χ0n) is 20.7. The van der Waals surface area contributed by atoms with Crippen LogP contribution in [0.1, 0.15) is 39.8 Å². The summed E-state index contributed by atoms with van der Waals surface area (Å²) in [6.07, 6.45) is -2.99. The Morgan fingerprint density at radius 3 is 2.62 bits per heavy atom. The number of H-pyrrole nitrogens is 1. The average Bonchev–Trinajstić information content (AvgIpc) is 3.08. The lowest BCUT2D eigenvalue weighted by Crippen LogP contribution is -2.44. The Balaban J connectivity index is 1.81. The van der Waals surface area contributed by atoms with E-state index in [9.17, 15) is 24.1 Å². The number of aliphatic hydroxyl groups excluding tert-OH is 1. The summed E-state index contributed by atoms with van der Waals surface area (Å²) in [4.78, 5) is 38.0. The fourth-order valence-electron chi connectivity index (χ4n) is 3.65. The molecular weight excluding hydrogens is 512 g/mol. The molecule has 0 bridgehead atoms. The van der Waals surface area contributed by atoms with Crippen LogP contribution in [0.25, 0.3) is 0 Å². The molecule has 14 heteroatoms. The largest absolute Gasteiger partial charge is 0.465 e. The molecule has 1 unspecified atom stereocenters. The molecule has 3 rings (SSSR count). The number of carbonyl (C=O) groups is 1. The first-order valence-electron chi connectivity index (χ1n) is 11.8. The molecule has 3 N–H and O–H groups in total. The number of halogens is 1. The molecular formula is C23H31FN3O9P. The summed E-state index contributed by atoms with van der Waals surface area (Å²) < 4.78 is 51.8. The van der Waals surface area contributed by atoms with Gasteiger partial charge < -0.3 is 19.1 Å². The van der Waals surface area contributed by atoms with Crippen molar-refractivity contribution in [3.05, 3.63) is 63.4 Å². The third-order valence-electron chi connectivity index (χ3n) is 5.65. The summed E-state index contributed by atoms with van der Waals surface area (Å²) in [5, 5.41) is 13.2. The number of esters is 1. The average molecular weight is 543 g/mol. The number of carbonyl (C=O) groups excluding carboxylic acids is 1. The van der Waals surface area contributed by atoms with Gasteiger partial charge in [-0.2, -0.15) is 5.09 Å². The van der Waals surface area contributed by atoms with Crippen LogP contribution < -0.4 is 20.9 Å². The van der Waals surface area contributed by atoms with Crippen LogP contribution in [0.5, 0.6) is 5.75 Å². The van der Waals surface area contributed by atoms with Crippen LogP contribution >= 0.6 is 7.75 Å². The molecule has 0 spiro atoms. The number of alkyl halides is 1. The highest BCUT2D eigenvalue weighted by Gasteiger charge is 2.56. The molecule has 0 aliphatic carbocycles. The minimum atomic E-state index is -4.31. The number of para-hydroxylation sites is 1. The van der Waals surface area contributed by atoms with Gasteiger partial charge in [0.15, 0.2) is 11.9 Å². The van der Waals surface area contributed by atoms with Gasteiger partial charge in [0, 0.05) is 12.3 Å². The molecule has 37 heavy (non-hydrogen) atoms. The van der Waals surface area contributed by atoms with E-state index in [0.29, 0.717) is 6.42 Å². The second-order valence-electron chi connectivity index (χ2n) is 8.60. The first kappa shape index (κ1) is 28.7. The Hall–Kier alpha value is -2.83. The topological polar surface area (TPSA) is 158 Å². The smallest absolute Gasteiger partial charge is 0.459 e. The van der Waals surface area contributed by atoms with Crippen LogP contribution in [0.3, 0.4) is 0 Å². The highest BCUT2D eigenvalue weighted by Crippen LogP contribution is 2.47. The van der Waals surface area contributed by atoms with Crippen LogP contribution in [0.15, 0.2) is 52.2 Å². The van der Waals surface area contributed by atoms with Gasteiger partial charge in [-0.25, -0.2) is 13.8 Å². The van der Waals surface area contributed by atoms with Gasteiger partial charge in [-0.15, -0.1) is 0 Å². The number of aromatic nitrogens is 2. The van der Waals surface area contributed by atoms with Gasteiger partial charge in [0.2, 0.25) is 0 Å². The van der Waals surface area contributed by atoms with E-state index in [1.165, 1.54) is 12.1 Å². The third-order valence-corrected chi connectivity index (χ3v) is 7.22. The Morgan fingerprint density at radius 2 is 2.00 bits per heavy atom. The van der Waals surface area contributed by atoms with Crippen molar-refractivity contribution in [3.63, 3.8) is 0 Å². The molecule has 1 aliphatic heterocycles. The quantitative estimate of drug-likeness (QED) is 0.267. The van der Waals surface area contributed by atoms with Crippen molar-refractivity contribution < 1.29 is 37.4 Å². The molecule has 1 aliphatic rings. The van der Waals surface area contributed by atoms with E-state index in [1.54, 1.807) is 25.1 Å². The Kier molecular flexibility index (Phi) is 9.43. The van der Waals surface area contributed by atoms with E-state index in [-0.39, 0.29) is 18.8 Å². The van der Waals surface area contributed by atoms with Gasteiger partial charge in [-0.05, 0) is 31.9 Å². The zero-order chi connectivity index (χ0) is 27.2. The molecule has 2 aromatic rings. The van der Waals surface area contributed by atoms with Crippen molar-refractivity contribution >= 4 is 13.7 Å². The molecule has 12 nitrogen and oxygen atoms in total. The number of hydrogen-bond donors (Lipinski definition) is 3. The molecule has 1 fully saturated rings. The lowest BCUT2D eigenvalue weighted by molar-refractivity contribution is -0.145. The number of nitrogens with one attached hydrogen (secondary N) is 2. The van der Waals surface area contributed by atoms with Crippen LogP contribution in [0.4, 0.5) is 4.39 Å². The third kappa shape index (κ3) is 6.93. The molecule has 2 heterocycles. The van der Waals surface area contributed by atoms with Crippen molar-refractivity contribution in [2.45, 2.75) is 63.8 Å². The second-order valence-corrected chi connectivity index (χ2v) is 10.3. The van der Waals surface area contributed by atoms with Gasteiger partial charge in [0.05, 0.1) is 13.2 Å². The van der Waals surface area contributed by atoms with Gasteiger partial charge in [-0.3, -0.25) is 23.7 Å². The monoisotopic (exact) mass is 543 g/mol. The number of rotatable bonds is 12. The van der Waals surface area contributed by atoms with E-state index < -0.39 is 61.7 Å². The predicted molar refractivity (Wildman–Crippen MR) is 130 cm³/mol. The zero-order valence-corrected chi connectivity index (χ0v) is 21.6. The number of benzene rings is 1. The summed E-state index contributed by atoms with van der Waals surface area (Å²) >= 11 is 0. The standard InChI is InChI=1S/C23H31FN3O9P/c1-4-13-33-20(30)16(5-2)26-37(32,36-15-9-7-6-8-10-15)34-14-17-19(29)23(3,24)21(35-17)27-12-11-18(28)25-22(27)31/h6-12,16-17,19,21,29H,4-5,13-14H2,1-3H3,(H,26,32)(H,25,28,31)/t16-,17+,19+,21+,23+,37?/m0/s1. The first-order chi connectivity index (χ1) is 17.5. The van der Waals surface area contributed by atoms with E-state index in [4.69, 9.17) is 18.5 Å². The summed E-state index contributed by atoms with van der Waals surface area (Å²) in [5.41, 5.74) is -4.11. The maximum atomic E-state index is 15.5. The number of hydrogen-bond acceptors (Lipinski definition) is 9. The van der Waals surface area contributed by atoms with Gasteiger partial charge in [0.25, 0.3) is 5.56 Å². The Morgan fingerprint density at radius 1 is 1.30 bits per heavy atom. The number of nitrogens with zero attached hydrogens (tertiary/aromatic N) is 1. The molecule has 0 saturated carbocycles. The van der Waals surface area contributed by atoms with E-state index in [0.717, 1.165) is 23.8 Å². The van der Waals surface area contributed by atoms with Gasteiger partial charge in [0.1, 0.15) is 24.0 Å². The lowest BCUT2D eigenvalue weighted by Gasteiger charge is -2.26. The van der Waals surface area contributed by atoms with Gasteiger partial charge >= 0.3 is 19.4 Å². The fourth-order valence-corrected chi connectivity index (χ4v) is 5.24. The minimum absolute atomic E-state index is 0.163. The van der Waals surface area contributed by atoms with Gasteiger partial charge in [-0.1, -0.05) is 32.0 Å². The summed E-state index contributed by atoms with van der Waals surface area (Å²) in [6, 6.07) is 7.99. The normalized spacial score (nSPS) is 25.8. The number of ether oxygens (including phenoxy) is 2. The summed E-state index contributed by atoms with van der Waals surface area (Å²) in [6.45, 7) is 4.06. The van der Waals surface area contributed by atoms with E-state index in [2.05, 4.69) is 5.09 Å². The molecule has 6 atom stereocenters. The van der Waals surface area contributed by atoms with Crippen LogP contribution in [0.2, 0.25) is 0 Å². The molecule has 1 saturated heterocycles. The SMILES string of the molecule is CCCOC(=O)[C@H](CC)NP(=O)(OC[C@H]1O[C@@H](n2ccc(=O)[nH]c2=O)[C@](C)(F)[C@@H]1O)Oc1ccccc1. The molecule has 0 amide bonds. The lowest BCUT2D eigenvalue weighted by atomic mass is 9.98. The Labute approximate surface area is 212 Å². The van der Waals surface area contributed by atoms with Crippen molar-refractivity contribution in [1.29, 1.82) is 0 Å². The summed E-state index contributed by atoms with van der Waals surface area (Å²) in [7, 11) is -4.31. The van der Waals surface area contributed by atoms with Crippen molar-refractivity contribution in [3.8, 4) is 5.75 Å². The second kappa shape index (κ2) is 12.1. The highest BCUT2D eigenvalue weighted by molar-refractivity contribution is 7.52.